The number of rotatable bonds is 4. The van der Waals surface area contributed by atoms with E-state index in [1.807, 2.05) is 6.92 Å². The number of likely N-dealkylation sites (N-methyl/N-ethyl adjacent to an activating group) is 1. The van der Waals surface area contributed by atoms with Crippen LogP contribution in [0.15, 0.2) is 12.1 Å². The van der Waals surface area contributed by atoms with Gasteiger partial charge < -0.3 is 10.6 Å². The Bertz CT molecular complexity index is 378. The molecular weight excluding hydrogens is 252 g/mol. The molecule has 82 valence electrons. The number of hydrogen-bond donors (Lipinski definition) is 1. The lowest BCUT2D eigenvalue weighted by Gasteiger charge is -2.18. The highest BCUT2D eigenvalue weighted by molar-refractivity contribution is 7.80. The van der Waals surface area contributed by atoms with Crippen LogP contribution in [0.4, 0.5) is 0 Å². The van der Waals surface area contributed by atoms with Crippen molar-refractivity contribution in [3.8, 4) is 0 Å². The van der Waals surface area contributed by atoms with Gasteiger partial charge in [0.2, 0.25) is 0 Å². The lowest BCUT2D eigenvalue weighted by Crippen LogP contribution is -2.37. The molecule has 0 saturated heterocycles. The third-order valence-electron chi connectivity index (χ3n) is 1.80. The van der Waals surface area contributed by atoms with Crippen molar-refractivity contribution in [2.75, 3.05) is 13.1 Å². The molecular formula is C9H11ClN2OS2. The molecule has 2 N–H and O–H groups in total. The number of thiocarbonyl (C=S) groups is 1. The Kier molecular flexibility index (Phi) is 4.50. The van der Waals surface area contributed by atoms with Gasteiger partial charge in [-0.05, 0) is 19.1 Å². The summed E-state index contributed by atoms with van der Waals surface area (Å²) in [6, 6.07) is 3.41. The topological polar surface area (TPSA) is 46.3 Å². The minimum atomic E-state index is -0.0813. The van der Waals surface area contributed by atoms with E-state index >= 15 is 0 Å². The Morgan fingerprint density at radius 1 is 1.67 bits per heavy atom. The second-order valence-corrected chi connectivity index (χ2v) is 5.13. The van der Waals surface area contributed by atoms with E-state index in [0.29, 0.717) is 27.3 Å². The van der Waals surface area contributed by atoms with Crippen LogP contribution in [-0.2, 0) is 0 Å². The van der Waals surface area contributed by atoms with Crippen molar-refractivity contribution in [3.05, 3.63) is 21.3 Å². The van der Waals surface area contributed by atoms with Crippen LogP contribution < -0.4 is 5.73 Å². The summed E-state index contributed by atoms with van der Waals surface area (Å²) in [6.45, 7) is 2.76. The number of halogens is 1. The predicted octanol–water partition coefficient (Wildman–Crippen LogP) is 2.15. The number of nitrogens with two attached hydrogens (primary N) is 1. The van der Waals surface area contributed by atoms with Gasteiger partial charge in [-0.15, -0.1) is 11.3 Å². The second-order valence-electron chi connectivity index (χ2n) is 2.89. The average molecular weight is 263 g/mol. The van der Waals surface area contributed by atoms with E-state index in [4.69, 9.17) is 29.6 Å². The normalized spacial score (nSPS) is 10.0. The number of hydrogen-bond acceptors (Lipinski definition) is 3. The van der Waals surface area contributed by atoms with Crippen molar-refractivity contribution in [1.82, 2.24) is 4.90 Å². The van der Waals surface area contributed by atoms with Crippen LogP contribution in [0.2, 0.25) is 4.34 Å². The van der Waals surface area contributed by atoms with E-state index in [1.54, 1.807) is 17.0 Å². The Hall–Kier alpha value is -0.650. The van der Waals surface area contributed by atoms with Crippen molar-refractivity contribution >= 4 is 46.1 Å². The molecule has 0 saturated carbocycles. The van der Waals surface area contributed by atoms with E-state index in [2.05, 4.69) is 0 Å². The van der Waals surface area contributed by atoms with Crippen LogP contribution in [0.3, 0.4) is 0 Å². The monoisotopic (exact) mass is 262 g/mol. The number of amides is 1. The van der Waals surface area contributed by atoms with Crippen LogP contribution >= 0.6 is 35.2 Å². The van der Waals surface area contributed by atoms with Crippen molar-refractivity contribution in [2.45, 2.75) is 6.92 Å². The third-order valence-corrected chi connectivity index (χ3v) is 3.15. The summed E-state index contributed by atoms with van der Waals surface area (Å²) in [5.41, 5.74) is 5.40. The largest absolute Gasteiger partial charge is 0.392 e. The Labute approximate surface area is 103 Å². The first-order chi connectivity index (χ1) is 7.04. The van der Waals surface area contributed by atoms with Crippen LogP contribution in [0.25, 0.3) is 0 Å². The summed E-state index contributed by atoms with van der Waals surface area (Å²) in [6.07, 6.45) is 0. The van der Waals surface area contributed by atoms with Gasteiger partial charge in [-0.1, -0.05) is 23.8 Å². The Morgan fingerprint density at radius 3 is 2.73 bits per heavy atom. The molecule has 0 bridgehead atoms. The molecule has 6 heteroatoms. The zero-order valence-electron chi connectivity index (χ0n) is 8.20. The van der Waals surface area contributed by atoms with Gasteiger partial charge in [0.25, 0.3) is 5.91 Å². The number of carbonyl (C=O) groups is 1. The number of thiophene rings is 1. The molecule has 0 aliphatic carbocycles. The van der Waals surface area contributed by atoms with Crippen LogP contribution in [-0.4, -0.2) is 28.9 Å². The van der Waals surface area contributed by atoms with Crippen LogP contribution in [0, 0.1) is 0 Å². The maximum absolute atomic E-state index is 11.9. The van der Waals surface area contributed by atoms with Crippen molar-refractivity contribution in [3.63, 3.8) is 0 Å². The van der Waals surface area contributed by atoms with Gasteiger partial charge >= 0.3 is 0 Å². The van der Waals surface area contributed by atoms with E-state index < -0.39 is 0 Å². The molecule has 15 heavy (non-hydrogen) atoms. The lowest BCUT2D eigenvalue weighted by atomic mass is 10.4. The molecule has 0 fully saturated rings. The summed E-state index contributed by atoms with van der Waals surface area (Å²) in [7, 11) is 0. The fourth-order valence-electron chi connectivity index (χ4n) is 1.10. The van der Waals surface area contributed by atoms with Gasteiger partial charge in [0.15, 0.2) is 0 Å². The maximum Gasteiger partial charge on any atom is 0.264 e. The number of carbonyl (C=O) groups excluding carboxylic acids is 1. The van der Waals surface area contributed by atoms with E-state index in [1.165, 1.54) is 11.3 Å². The molecule has 0 atom stereocenters. The minimum Gasteiger partial charge on any atom is -0.392 e. The van der Waals surface area contributed by atoms with E-state index in [9.17, 15) is 4.79 Å². The van der Waals surface area contributed by atoms with Gasteiger partial charge in [-0.25, -0.2) is 0 Å². The third kappa shape index (κ3) is 3.44. The first-order valence-electron chi connectivity index (χ1n) is 4.37. The van der Waals surface area contributed by atoms with Gasteiger partial charge in [0.05, 0.1) is 20.7 Å². The van der Waals surface area contributed by atoms with Gasteiger partial charge in [-0.3, -0.25) is 4.79 Å². The summed E-state index contributed by atoms with van der Waals surface area (Å²) in [5, 5.41) is 0. The predicted molar refractivity (Wildman–Crippen MR) is 67.7 cm³/mol. The molecule has 1 aromatic heterocycles. The average Bonchev–Trinajstić information content (AvgIpc) is 2.60. The molecule has 1 amide bonds. The quantitative estimate of drug-likeness (QED) is 0.846. The van der Waals surface area contributed by atoms with Gasteiger partial charge in [-0.2, -0.15) is 0 Å². The molecule has 0 aromatic carbocycles. The van der Waals surface area contributed by atoms with Crippen molar-refractivity contribution < 1.29 is 4.79 Å². The molecule has 0 radical (unpaired) electrons. The highest BCUT2D eigenvalue weighted by Crippen LogP contribution is 2.22. The van der Waals surface area contributed by atoms with Crippen LogP contribution in [0.1, 0.15) is 16.6 Å². The fourth-order valence-corrected chi connectivity index (χ4v) is 2.27. The Morgan fingerprint density at radius 2 is 2.33 bits per heavy atom. The molecule has 1 heterocycles. The first-order valence-corrected chi connectivity index (χ1v) is 5.97. The maximum atomic E-state index is 11.9. The molecule has 0 spiro atoms. The molecule has 3 nitrogen and oxygen atoms in total. The highest BCUT2D eigenvalue weighted by Gasteiger charge is 2.16. The highest BCUT2D eigenvalue weighted by atomic mass is 35.5. The molecule has 0 aliphatic rings. The lowest BCUT2D eigenvalue weighted by molar-refractivity contribution is 0.0792. The summed E-state index contributed by atoms with van der Waals surface area (Å²) in [4.78, 5) is 14.4. The van der Waals surface area contributed by atoms with Crippen molar-refractivity contribution in [1.29, 1.82) is 0 Å². The molecule has 1 rings (SSSR count). The van der Waals surface area contributed by atoms with Gasteiger partial charge in [0.1, 0.15) is 0 Å². The minimum absolute atomic E-state index is 0.0813. The standard InChI is InChI=1S/C9H11ClN2OS2/c1-2-12(5-8(11)14)9(13)6-3-4-7(10)15-6/h3-4H,2,5H2,1H3,(H2,11,14). The zero-order chi connectivity index (χ0) is 11.4. The summed E-state index contributed by atoms with van der Waals surface area (Å²) in [5.74, 6) is -0.0813. The fraction of sp³-hybridized carbons (Fsp3) is 0.333. The van der Waals surface area contributed by atoms with E-state index in [-0.39, 0.29) is 5.91 Å². The molecule has 1 aromatic rings. The molecule has 0 aliphatic heterocycles. The van der Waals surface area contributed by atoms with Crippen molar-refractivity contribution in [2.24, 2.45) is 5.73 Å². The SMILES string of the molecule is CCN(CC(N)=S)C(=O)c1ccc(Cl)s1. The van der Waals surface area contributed by atoms with E-state index in [0.717, 1.165) is 0 Å². The van der Waals surface area contributed by atoms with Gasteiger partial charge in [0, 0.05) is 6.54 Å². The second kappa shape index (κ2) is 5.44. The first kappa shape index (κ1) is 12.4. The smallest absolute Gasteiger partial charge is 0.264 e. The summed E-state index contributed by atoms with van der Waals surface area (Å²) < 4.78 is 0.602. The zero-order valence-corrected chi connectivity index (χ0v) is 10.6. The Balaban J connectivity index is 2.77. The molecule has 0 unspecified atom stereocenters. The number of nitrogens with zero attached hydrogens (tertiary/aromatic N) is 1. The summed E-state index contributed by atoms with van der Waals surface area (Å²) >= 11 is 11.8. The van der Waals surface area contributed by atoms with Crippen LogP contribution in [0.5, 0.6) is 0 Å².